The molecule has 0 amide bonds. The highest BCUT2D eigenvalue weighted by Gasteiger charge is 2.23. The van der Waals surface area contributed by atoms with Crippen LogP contribution in [0.5, 0.6) is 0 Å². The number of hydrogen-bond acceptors (Lipinski definition) is 2. The fourth-order valence-electron chi connectivity index (χ4n) is 2.70. The van der Waals surface area contributed by atoms with Crippen molar-refractivity contribution in [2.75, 3.05) is 0 Å². The van der Waals surface area contributed by atoms with E-state index in [4.69, 9.17) is 23.2 Å². The van der Waals surface area contributed by atoms with E-state index >= 15 is 0 Å². The van der Waals surface area contributed by atoms with Gasteiger partial charge in [0, 0.05) is 5.56 Å². The Hall–Kier alpha value is -1.21. The lowest BCUT2D eigenvalue weighted by Crippen LogP contribution is -2.08. The first-order valence-electron chi connectivity index (χ1n) is 8.00. The first-order valence-corrected chi connectivity index (χ1v) is 9.64. The van der Waals surface area contributed by atoms with Gasteiger partial charge in [0.2, 0.25) is 0 Å². The molecule has 0 radical (unpaired) electrons. The molecule has 2 aromatic rings. The summed E-state index contributed by atoms with van der Waals surface area (Å²) < 4.78 is 11.7. The number of carbonyl (C=O) groups is 1. The minimum Gasteiger partial charge on any atom is -0.288 e. The Balaban J connectivity index is 2.41. The minimum atomic E-state index is -0.231. The average Bonchev–Trinajstić information content (AvgIpc) is 2.58. The van der Waals surface area contributed by atoms with Crippen molar-refractivity contribution < 1.29 is 9.36 Å². The molecule has 2 nitrogen and oxygen atoms in total. The Kier molecular flexibility index (Phi) is 7.42. The highest BCUT2D eigenvalue weighted by atomic mass is 35.5. The molecule has 0 aliphatic heterocycles. The zero-order chi connectivity index (χ0) is 17.5. The van der Waals surface area contributed by atoms with Gasteiger partial charge in [0.15, 0.2) is 14.2 Å². The summed E-state index contributed by atoms with van der Waals surface area (Å²) in [5, 5.41) is 0.647. The highest BCUT2D eigenvalue weighted by Crippen LogP contribution is 2.36. The smallest absolute Gasteiger partial charge is 0.196 e. The fourth-order valence-corrected chi connectivity index (χ4v) is 3.89. The van der Waals surface area contributed by atoms with Gasteiger partial charge in [0.1, 0.15) is 0 Å². The second-order valence-corrected chi connectivity index (χ2v) is 7.28. The third kappa shape index (κ3) is 4.45. The van der Waals surface area contributed by atoms with E-state index in [9.17, 15) is 9.36 Å². The number of hydrogen-bond donors (Lipinski definition) is 0. The van der Waals surface area contributed by atoms with Crippen molar-refractivity contribution in [3.63, 3.8) is 0 Å². The predicted octanol–water partition coefficient (Wildman–Crippen LogP) is 7.14. The monoisotopic (exact) mass is 380 g/mol. The van der Waals surface area contributed by atoms with Gasteiger partial charge in [-0.25, -0.2) is 0 Å². The van der Waals surface area contributed by atoms with Gasteiger partial charge >= 0.3 is 0 Å². The molecule has 0 N–H and O–H groups in total. The molecule has 0 saturated heterocycles. The largest absolute Gasteiger partial charge is 0.288 e. The zero-order valence-corrected chi connectivity index (χ0v) is 15.9. The van der Waals surface area contributed by atoms with E-state index in [1.165, 1.54) is 0 Å². The third-order valence-electron chi connectivity index (χ3n) is 3.96. The van der Waals surface area contributed by atoms with Crippen LogP contribution < -0.4 is 0 Å². The SMILES string of the molecule is CCCCCC(P=O)c1ccccc1C(=O)c1c(Cl)cccc1Cl. The molecule has 0 heterocycles. The van der Waals surface area contributed by atoms with Crippen LogP contribution in [0.2, 0.25) is 10.0 Å². The van der Waals surface area contributed by atoms with E-state index in [1.807, 2.05) is 12.1 Å². The van der Waals surface area contributed by atoms with Crippen LogP contribution >= 0.6 is 31.7 Å². The van der Waals surface area contributed by atoms with Crippen LogP contribution in [-0.2, 0) is 4.57 Å². The van der Waals surface area contributed by atoms with Crippen LogP contribution in [0.3, 0.4) is 0 Å². The summed E-state index contributed by atoms with van der Waals surface area (Å²) in [6, 6.07) is 12.3. The van der Waals surface area contributed by atoms with E-state index in [1.54, 1.807) is 30.3 Å². The van der Waals surface area contributed by atoms with E-state index in [0.29, 0.717) is 21.2 Å². The molecule has 1 atom stereocenters. The average molecular weight is 381 g/mol. The molecular weight excluding hydrogens is 362 g/mol. The molecule has 2 aromatic carbocycles. The summed E-state index contributed by atoms with van der Waals surface area (Å²) in [7, 11) is 0.0256. The van der Waals surface area contributed by atoms with Crippen LogP contribution in [0.15, 0.2) is 42.5 Å². The highest BCUT2D eigenvalue weighted by molar-refractivity contribution is 7.24. The Morgan fingerprint density at radius 2 is 1.71 bits per heavy atom. The van der Waals surface area contributed by atoms with Gasteiger partial charge in [-0.2, -0.15) is 0 Å². The summed E-state index contributed by atoms with van der Waals surface area (Å²) in [6.45, 7) is 2.13. The van der Waals surface area contributed by atoms with E-state index < -0.39 is 0 Å². The van der Waals surface area contributed by atoms with Crippen molar-refractivity contribution in [3.8, 4) is 0 Å². The van der Waals surface area contributed by atoms with Crippen LogP contribution in [0.1, 0.15) is 59.8 Å². The molecule has 0 aliphatic rings. The third-order valence-corrected chi connectivity index (χ3v) is 5.38. The molecule has 0 bridgehead atoms. The number of rotatable bonds is 8. The van der Waals surface area contributed by atoms with Gasteiger partial charge in [-0.15, -0.1) is 0 Å². The molecule has 1 unspecified atom stereocenters. The molecule has 0 aliphatic carbocycles. The molecular formula is C19H19Cl2O2P. The topological polar surface area (TPSA) is 34.1 Å². The van der Waals surface area contributed by atoms with Crippen molar-refractivity contribution in [2.45, 2.75) is 38.3 Å². The predicted molar refractivity (Wildman–Crippen MR) is 101 cm³/mol. The molecule has 0 aromatic heterocycles. The fraction of sp³-hybridized carbons (Fsp3) is 0.316. The van der Waals surface area contributed by atoms with Gasteiger partial charge in [0.25, 0.3) is 0 Å². The van der Waals surface area contributed by atoms with Gasteiger partial charge in [-0.1, -0.05) is 79.7 Å². The summed E-state index contributed by atoms with van der Waals surface area (Å²) >= 11 is 12.3. The van der Waals surface area contributed by atoms with Crippen molar-refractivity contribution in [2.24, 2.45) is 0 Å². The lowest BCUT2D eigenvalue weighted by atomic mass is 9.94. The standard InChI is InChI=1S/C19H19Cl2O2P/c1-2-3-4-12-17(24-23)13-8-5-6-9-14(13)19(22)18-15(20)10-7-11-16(18)21/h5-11,17H,2-4,12H2,1H3. The quantitative estimate of drug-likeness (QED) is 0.277. The van der Waals surface area contributed by atoms with Crippen molar-refractivity contribution >= 4 is 37.4 Å². The van der Waals surface area contributed by atoms with Gasteiger partial charge in [-0.3, -0.25) is 9.36 Å². The Bertz CT molecular complexity index is 711. The first kappa shape index (κ1) is 19.1. The molecule has 0 spiro atoms. The van der Waals surface area contributed by atoms with Gasteiger partial charge < -0.3 is 0 Å². The summed E-state index contributed by atoms with van der Waals surface area (Å²) in [4.78, 5) is 13.0. The van der Waals surface area contributed by atoms with Crippen LogP contribution in [0.25, 0.3) is 0 Å². The number of carbonyl (C=O) groups excluding carboxylic acids is 1. The van der Waals surface area contributed by atoms with Crippen molar-refractivity contribution in [3.05, 3.63) is 69.2 Å². The second-order valence-electron chi connectivity index (χ2n) is 5.63. The van der Waals surface area contributed by atoms with Crippen molar-refractivity contribution in [1.29, 1.82) is 0 Å². The Morgan fingerprint density at radius 1 is 1.04 bits per heavy atom. The van der Waals surface area contributed by atoms with Crippen LogP contribution in [0, 0.1) is 0 Å². The van der Waals surface area contributed by atoms with E-state index in [-0.39, 0.29) is 19.9 Å². The van der Waals surface area contributed by atoms with E-state index in [2.05, 4.69) is 6.92 Å². The Labute approximate surface area is 154 Å². The number of halogens is 2. The minimum absolute atomic E-state index is 0.0256. The Morgan fingerprint density at radius 3 is 2.33 bits per heavy atom. The maximum Gasteiger partial charge on any atom is 0.196 e. The molecule has 24 heavy (non-hydrogen) atoms. The normalized spacial score (nSPS) is 12.3. The number of ketones is 1. The first-order chi connectivity index (χ1) is 11.6. The molecule has 5 heteroatoms. The second kappa shape index (κ2) is 9.32. The number of benzene rings is 2. The lowest BCUT2D eigenvalue weighted by molar-refractivity contribution is 0.103. The van der Waals surface area contributed by atoms with Crippen LogP contribution in [0.4, 0.5) is 0 Å². The van der Waals surface area contributed by atoms with Crippen molar-refractivity contribution in [1.82, 2.24) is 0 Å². The molecule has 126 valence electrons. The van der Waals surface area contributed by atoms with Gasteiger partial charge in [0.05, 0.1) is 21.3 Å². The van der Waals surface area contributed by atoms with Gasteiger partial charge in [-0.05, 0) is 24.1 Å². The zero-order valence-electron chi connectivity index (χ0n) is 13.5. The molecule has 0 fully saturated rings. The summed E-state index contributed by atoms with van der Waals surface area (Å²) in [5.41, 5.74) is 1.39. The van der Waals surface area contributed by atoms with Crippen LogP contribution in [-0.4, -0.2) is 5.78 Å². The maximum absolute atomic E-state index is 13.0. The molecule has 2 rings (SSSR count). The summed E-state index contributed by atoms with van der Waals surface area (Å²) in [5.74, 6) is -0.231. The number of unbranched alkanes of at least 4 members (excludes halogenated alkanes) is 2. The summed E-state index contributed by atoms with van der Waals surface area (Å²) in [6.07, 6.45) is 3.93. The maximum atomic E-state index is 13.0. The molecule has 0 saturated carbocycles. The van der Waals surface area contributed by atoms with E-state index in [0.717, 1.165) is 31.2 Å². The lowest BCUT2D eigenvalue weighted by Gasteiger charge is -2.15.